The van der Waals surface area contributed by atoms with E-state index in [0.29, 0.717) is 44.1 Å². The minimum absolute atomic E-state index is 0.0420. The Morgan fingerprint density at radius 2 is 2.00 bits per heavy atom. The van der Waals surface area contributed by atoms with E-state index in [0.717, 1.165) is 16.7 Å². The first kappa shape index (κ1) is 27.4. The van der Waals surface area contributed by atoms with Crippen molar-refractivity contribution in [2.45, 2.75) is 76.4 Å². The first-order chi connectivity index (χ1) is 18.3. The van der Waals surface area contributed by atoms with E-state index in [-0.39, 0.29) is 18.0 Å². The maximum Gasteiger partial charge on any atom is 0.417 e. The lowest BCUT2D eigenvalue weighted by molar-refractivity contribution is -0.277. The van der Waals surface area contributed by atoms with Crippen LogP contribution >= 0.6 is 0 Å². The summed E-state index contributed by atoms with van der Waals surface area (Å²) in [4.78, 5) is 21.0. The molecule has 2 aromatic heterocycles. The Bertz CT molecular complexity index is 1330. The average Bonchev–Trinajstić information content (AvgIpc) is 3.51. The largest absolute Gasteiger partial charge is 0.417 e. The van der Waals surface area contributed by atoms with Gasteiger partial charge in [-0.15, -0.1) is 0 Å². The average molecular weight is 550 g/mol. The number of β-amino-alcohol motifs (C(OH)–C–C–N with tert-alkyl or cyclic N) is 1. The number of fused-ring (bicyclic) bond motifs is 1. The number of nitrogens with zero attached hydrogens (tertiary/aromatic N) is 5. The molecule has 5 rings (SSSR count). The summed E-state index contributed by atoms with van der Waals surface area (Å²) in [5.74, 6) is 1.03. The van der Waals surface area contributed by atoms with Gasteiger partial charge in [0.15, 0.2) is 11.4 Å². The minimum Gasteiger partial charge on any atom is -0.389 e. The predicted octanol–water partition coefficient (Wildman–Crippen LogP) is 3.17. The Hall–Kier alpha value is -3.19. The summed E-state index contributed by atoms with van der Waals surface area (Å²) >= 11 is 0. The lowest BCUT2D eigenvalue weighted by atomic mass is 9.84. The molecule has 0 radical (unpaired) electrons. The number of aliphatic hydroxyl groups is 2. The number of halogens is 3. The lowest BCUT2D eigenvalue weighted by Gasteiger charge is -2.45. The number of aromatic nitrogens is 3. The van der Waals surface area contributed by atoms with Gasteiger partial charge in [-0.2, -0.15) is 18.3 Å². The third kappa shape index (κ3) is 4.86. The van der Waals surface area contributed by atoms with E-state index in [1.54, 1.807) is 25.3 Å². The molecular weight excluding hydrogens is 515 g/mol. The van der Waals surface area contributed by atoms with Crippen LogP contribution in [0.4, 0.5) is 23.8 Å². The van der Waals surface area contributed by atoms with Crippen LogP contribution in [0.2, 0.25) is 0 Å². The molecule has 0 aromatic carbocycles. The Labute approximate surface area is 224 Å². The van der Waals surface area contributed by atoms with Gasteiger partial charge in [-0.3, -0.25) is 15.1 Å². The third-order valence-corrected chi connectivity index (χ3v) is 7.92. The maximum atomic E-state index is 13.4. The molecular formula is C26H34F3N7O3. The van der Waals surface area contributed by atoms with E-state index in [9.17, 15) is 28.2 Å². The fraction of sp³-hybridized carbons (Fsp3) is 0.615. The van der Waals surface area contributed by atoms with Gasteiger partial charge >= 0.3 is 12.2 Å². The SMILES string of the molecule is C/C=C(/NC(=O)N1CCC(O)(C(F)(F)F)CC12CC2)C(=N)c1cc2c(cn1)c(N1CC(O)C1)nn2CC(C)C. The molecule has 4 heterocycles. The van der Waals surface area contributed by atoms with Crippen molar-refractivity contribution < 1.29 is 28.2 Å². The molecule has 39 heavy (non-hydrogen) atoms. The standard InChI is InChI=1S/C26H34F3N7O3/c1-4-18(32-23(38)35-8-7-25(39,26(27,28)29)14-24(35)5-6-24)21(30)19-9-20-17(10-31-19)22(34-12-16(37)13-34)33-36(20)11-15(2)3/h4,9-10,15-16,30,37,39H,5-8,11-14H2,1-3H3,(H,32,38)/b18-4+,30-21?. The van der Waals surface area contributed by atoms with Crippen molar-refractivity contribution in [3.05, 3.63) is 29.7 Å². The van der Waals surface area contributed by atoms with Crippen LogP contribution in [0.15, 0.2) is 24.0 Å². The maximum absolute atomic E-state index is 13.4. The van der Waals surface area contributed by atoms with Gasteiger partial charge in [0, 0.05) is 50.8 Å². The molecule has 2 saturated heterocycles. The van der Waals surface area contributed by atoms with Crippen molar-refractivity contribution in [1.82, 2.24) is 25.0 Å². The molecule has 3 aliphatic rings. The van der Waals surface area contributed by atoms with Crippen LogP contribution in [0.3, 0.4) is 0 Å². The van der Waals surface area contributed by atoms with Crippen LogP contribution in [0.5, 0.6) is 0 Å². The fourth-order valence-electron chi connectivity index (χ4n) is 5.55. The van der Waals surface area contributed by atoms with Crippen molar-refractivity contribution >= 4 is 28.5 Å². The molecule has 1 unspecified atom stereocenters. The smallest absolute Gasteiger partial charge is 0.389 e. The van der Waals surface area contributed by atoms with Crippen LogP contribution in [0, 0.1) is 11.3 Å². The highest BCUT2D eigenvalue weighted by molar-refractivity contribution is 6.12. The Morgan fingerprint density at radius 1 is 1.31 bits per heavy atom. The van der Waals surface area contributed by atoms with Gasteiger partial charge in [-0.25, -0.2) is 4.79 Å². The molecule has 13 heteroatoms. The molecule has 2 aliphatic heterocycles. The number of urea groups is 1. The predicted molar refractivity (Wildman–Crippen MR) is 139 cm³/mol. The van der Waals surface area contributed by atoms with E-state index in [4.69, 9.17) is 10.5 Å². The van der Waals surface area contributed by atoms with Crippen LogP contribution in [-0.4, -0.2) is 84.7 Å². The second-order valence-corrected chi connectivity index (χ2v) is 11.4. The summed E-state index contributed by atoms with van der Waals surface area (Å²) in [5.41, 5.74) is -2.62. The van der Waals surface area contributed by atoms with Crippen molar-refractivity contribution in [1.29, 1.82) is 5.41 Å². The van der Waals surface area contributed by atoms with E-state index in [2.05, 4.69) is 24.1 Å². The zero-order valence-electron chi connectivity index (χ0n) is 22.2. The molecule has 0 bridgehead atoms. The van der Waals surface area contributed by atoms with Crippen LogP contribution in [0.1, 0.15) is 52.1 Å². The second kappa shape index (κ2) is 9.47. The number of anilines is 1. The molecule has 212 valence electrons. The Morgan fingerprint density at radius 3 is 2.56 bits per heavy atom. The highest BCUT2D eigenvalue weighted by Gasteiger charge is 2.65. The topological polar surface area (TPSA) is 131 Å². The zero-order chi connectivity index (χ0) is 28.3. The quantitative estimate of drug-likeness (QED) is 0.410. The van der Waals surface area contributed by atoms with Gasteiger partial charge < -0.3 is 25.3 Å². The van der Waals surface area contributed by atoms with E-state index < -0.39 is 42.3 Å². The van der Waals surface area contributed by atoms with E-state index in [1.807, 2.05) is 9.58 Å². The van der Waals surface area contributed by atoms with Gasteiger partial charge in [0.1, 0.15) is 5.71 Å². The summed E-state index contributed by atoms with van der Waals surface area (Å²) in [5, 5.41) is 37.0. The first-order valence-corrected chi connectivity index (χ1v) is 13.2. The second-order valence-electron chi connectivity index (χ2n) is 11.4. The molecule has 1 aliphatic carbocycles. The molecule has 1 spiro atoms. The summed E-state index contributed by atoms with van der Waals surface area (Å²) < 4.78 is 42.2. The number of likely N-dealkylation sites (tertiary alicyclic amines) is 1. The lowest BCUT2D eigenvalue weighted by Crippen LogP contribution is -2.61. The fourth-order valence-corrected chi connectivity index (χ4v) is 5.55. The molecule has 2 aromatic rings. The zero-order valence-corrected chi connectivity index (χ0v) is 22.2. The summed E-state index contributed by atoms with van der Waals surface area (Å²) in [6.45, 7) is 7.17. The Kier molecular flexibility index (Phi) is 6.65. The third-order valence-electron chi connectivity index (χ3n) is 7.92. The number of aliphatic hydroxyl groups excluding tert-OH is 1. The summed E-state index contributed by atoms with van der Waals surface area (Å²) in [7, 11) is 0. The molecule has 1 saturated carbocycles. The van der Waals surface area contributed by atoms with E-state index in [1.165, 1.54) is 4.90 Å². The molecule has 2 amide bonds. The number of piperidine rings is 1. The molecule has 3 fully saturated rings. The van der Waals surface area contributed by atoms with E-state index >= 15 is 0 Å². The number of carbonyl (C=O) groups is 1. The van der Waals surface area contributed by atoms with Gasteiger partial charge in [-0.1, -0.05) is 19.9 Å². The number of pyridine rings is 1. The monoisotopic (exact) mass is 549 g/mol. The molecule has 1 atom stereocenters. The highest BCUT2D eigenvalue weighted by atomic mass is 19.4. The number of hydrogen-bond donors (Lipinski definition) is 4. The van der Waals surface area contributed by atoms with Gasteiger partial charge in [0.25, 0.3) is 0 Å². The summed E-state index contributed by atoms with van der Waals surface area (Å²) in [6.07, 6.45) is -2.33. The van der Waals surface area contributed by atoms with Gasteiger partial charge in [0.05, 0.1) is 28.4 Å². The van der Waals surface area contributed by atoms with Crippen molar-refractivity contribution in [2.75, 3.05) is 24.5 Å². The highest BCUT2D eigenvalue weighted by Crippen LogP contribution is 2.54. The van der Waals surface area contributed by atoms with Crippen LogP contribution in [-0.2, 0) is 6.54 Å². The molecule has 4 N–H and O–H groups in total. The number of hydrogen-bond acceptors (Lipinski definition) is 7. The Balaban J connectivity index is 1.36. The number of carbonyl (C=O) groups excluding carboxylic acids is 1. The first-order valence-electron chi connectivity index (χ1n) is 13.2. The van der Waals surface area contributed by atoms with Gasteiger partial charge in [-0.05, 0) is 31.7 Å². The van der Waals surface area contributed by atoms with Crippen molar-refractivity contribution in [2.24, 2.45) is 5.92 Å². The normalized spacial score (nSPS) is 23.5. The number of alkyl halides is 3. The van der Waals surface area contributed by atoms with Crippen molar-refractivity contribution in [3.63, 3.8) is 0 Å². The van der Waals surface area contributed by atoms with Gasteiger partial charge in [0.2, 0.25) is 0 Å². The molecule has 10 nitrogen and oxygen atoms in total. The summed E-state index contributed by atoms with van der Waals surface area (Å²) in [6, 6.07) is 1.15. The number of nitrogens with one attached hydrogen (secondary N) is 2. The number of allylic oxidation sites excluding steroid dienone is 2. The minimum atomic E-state index is -4.76. The van der Waals surface area contributed by atoms with Crippen LogP contribution < -0.4 is 10.2 Å². The van der Waals surface area contributed by atoms with Crippen molar-refractivity contribution in [3.8, 4) is 0 Å². The number of rotatable bonds is 6. The van der Waals surface area contributed by atoms with Crippen LogP contribution in [0.25, 0.3) is 10.9 Å². The number of amides is 2.